The van der Waals surface area contributed by atoms with Crippen LogP contribution in [0.3, 0.4) is 0 Å². The molecule has 0 aliphatic carbocycles. The van der Waals surface area contributed by atoms with Gasteiger partial charge in [-0.25, -0.2) is 0 Å². The zero-order valence-electron chi connectivity index (χ0n) is 15.8. The number of hydrogen-bond donors (Lipinski definition) is 2. The Kier molecular flexibility index (Phi) is 3.91. The summed E-state index contributed by atoms with van der Waals surface area (Å²) in [6, 6.07) is 19.0. The molecule has 6 nitrogen and oxygen atoms in total. The number of Topliss-reactive ketones (excluding diaryl/α,β-unsaturated/α-hetero) is 1. The fraction of sp³-hybridized carbons (Fsp3) is 0.0870. The molecular formula is C23H18N4O2. The predicted octanol–water partition coefficient (Wildman–Crippen LogP) is 3.84. The topological polar surface area (TPSA) is 83.5 Å². The summed E-state index contributed by atoms with van der Waals surface area (Å²) in [5.41, 5.74) is 4.67. The molecule has 0 radical (unpaired) electrons. The van der Waals surface area contributed by atoms with Gasteiger partial charge in [0, 0.05) is 47.6 Å². The fourth-order valence-corrected chi connectivity index (χ4v) is 3.59. The molecule has 0 atom stereocenters. The second kappa shape index (κ2) is 6.60. The van der Waals surface area contributed by atoms with Gasteiger partial charge in [-0.3, -0.25) is 14.7 Å². The first-order chi connectivity index (χ1) is 14.1. The second-order valence-corrected chi connectivity index (χ2v) is 7.19. The van der Waals surface area contributed by atoms with Gasteiger partial charge in [0.2, 0.25) is 0 Å². The molecule has 0 bridgehead atoms. The number of fused-ring (bicyclic) bond motifs is 2. The van der Waals surface area contributed by atoms with Crippen molar-refractivity contribution in [1.29, 1.82) is 0 Å². The van der Waals surface area contributed by atoms with Gasteiger partial charge in [0.05, 0.1) is 11.2 Å². The summed E-state index contributed by atoms with van der Waals surface area (Å²) >= 11 is 0. The van der Waals surface area contributed by atoms with E-state index in [1.54, 1.807) is 19.3 Å². The molecule has 0 unspecified atom stereocenters. The van der Waals surface area contributed by atoms with Gasteiger partial charge in [0.25, 0.3) is 5.56 Å². The molecule has 142 valence electrons. The van der Waals surface area contributed by atoms with E-state index in [0.29, 0.717) is 12.1 Å². The molecule has 0 aliphatic rings. The number of ketones is 1. The van der Waals surface area contributed by atoms with Crippen LogP contribution in [-0.2, 0) is 13.5 Å². The van der Waals surface area contributed by atoms with Crippen molar-refractivity contribution >= 4 is 27.6 Å². The Labute approximate surface area is 165 Å². The predicted molar refractivity (Wildman–Crippen MR) is 113 cm³/mol. The van der Waals surface area contributed by atoms with Crippen LogP contribution in [-0.4, -0.2) is 25.5 Å². The summed E-state index contributed by atoms with van der Waals surface area (Å²) in [6.45, 7) is 0. The van der Waals surface area contributed by atoms with Gasteiger partial charge in [0.15, 0.2) is 5.78 Å². The van der Waals surface area contributed by atoms with Gasteiger partial charge in [0.1, 0.15) is 5.69 Å². The van der Waals surface area contributed by atoms with Crippen LogP contribution in [0.4, 0.5) is 0 Å². The van der Waals surface area contributed by atoms with Crippen LogP contribution in [0.15, 0.2) is 71.7 Å². The van der Waals surface area contributed by atoms with Crippen LogP contribution in [0.5, 0.6) is 0 Å². The van der Waals surface area contributed by atoms with Crippen LogP contribution >= 0.6 is 0 Å². The summed E-state index contributed by atoms with van der Waals surface area (Å²) in [5, 5.41) is 9.27. The monoisotopic (exact) mass is 382 g/mol. The molecule has 0 saturated heterocycles. The van der Waals surface area contributed by atoms with E-state index in [-0.39, 0.29) is 11.3 Å². The molecule has 3 heterocycles. The van der Waals surface area contributed by atoms with Crippen molar-refractivity contribution < 1.29 is 4.79 Å². The van der Waals surface area contributed by atoms with E-state index in [4.69, 9.17) is 0 Å². The van der Waals surface area contributed by atoms with E-state index in [2.05, 4.69) is 15.2 Å². The average molecular weight is 382 g/mol. The molecule has 5 rings (SSSR count). The molecule has 0 spiro atoms. The number of carbonyl (C=O) groups excluding carboxylic acids is 1. The molecule has 3 aromatic heterocycles. The summed E-state index contributed by atoms with van der Waals surface area (Å²) in [6.07, 6.45) is 2.08. The number of rotatable bonds is 4. The van der Waals surface area contributed by atoms with E-state index in [9.17, 15) is 9.59 Å². The number of aromatic amines is 2. The van der Waals surface area contributed by atoms with Crippen molar-refractivity contribution in [1.82, 2.24) is 19.7 Å². The van der Waals surface area contributed by atoms with Gasteiger partial charge in [-0.1, -0.05) is 30.3 Å². The molecular weight excluding hydrogens is 364 g/mol. The van der Waals surface area contributed by atoms with Crippen molar-refractivity contribution in [2.24, 2.45) is 7.05 Å². The Balaban J connectivity index is 1.55. The van der Waals surface area contributed by atoms with Gasteiger partial charge < -0.3 is 9.55 Å². The highest BCUT2D eigenvalue weighted by molar-refractivity contribution is 6.05. The third-order valence-electron chi connectivity index (χ3n) is 5.19. The largest absolute Gasteiger partial charge is 0.352 e. The Morgan fingerprint density at radius 2 is 1.86 bits per heavy atom. The first-order valence-corrected chi connectivity index (χ1v) is 9.33. The highest BCUT2D eigenvalue weighted by Crippen LogP contribution is 2.29. The maximum absolute atomic E-state index is 12.7. The number of nitrogens with one attached hydrogen (secondary N) is 2. The Morgan fingerprint density at radius 3 is 2.66 bits per heavy atom. The van der Waals surface area contributed by atoms with Crippen LogP contribution in [0, 0.1) is 0 Å². The van der Waals surface area contributed by atoms with Crippen molar-refractivity contribution in [3.63, 3.8) is 0 Å². The van der Waals surface area contributed by atoms with Crippen molar-refractivity contribution in [2.45, 2.75) is 6.42 Å². The molecule has 2 N–H and O–H groups in total. The molecule has 0 aliphatic heterocycles. The minimum Gasteiger partial charge on any atom is -0.352 e. The van der Waals surface area contributed by atoms with E-state index >= 15 is 0 Å². The quantitative estimate of drug-likeness (QED) is 0.463. The van der Waals surface area contributed by atoms with Gasteiger partial charge in [-0.05, 0) is 29.8 Å². The van der Waals surface area contributed by atoms with Crippen molar-refractivity contribution in [2.75, 3.05) is 0 Å². The van der Waals surface area contributed by atoms with Crippen LogP contribution in [0.2, 0.25) is 0 Å². The van der Waals surface area contributed by atoms with E-state index < -0.39 is 0 Å². The number of hydrogen-bond acceptors (Lipinski definition) is 3. The zero-order chi connectivity index (χ0) is 20.0. The van der Waals surface area contributed by atoms with Crippen LogP contribution in [0.1, 0.15) is 16.1 Å². The van der Waals surface area contributed by atoms with Gasteiger partial charge in [-0.2, -0.15) is 5.10 Å². The molecule has 0 fully saturated rings. The van der Waals surface area contributed by atoms with Gasteiger partial charge >= 0.3 is 0 Å². The lowest BCUT2D eigenvalue weighted by Crippen LogP contribution is -2.14. The van der Waals surface area contributed by atoms with Crippen LogP contribution in [0.25, 0.3) is 33.1 Å². The molecule has 0 saturated carbocycles. The zero-order valence-corrected chi connectivity index (χ0v) is 15.8. The average Bonchev–Trinajstić information content (AvgIpc) is 3.32. The first-order valence-electron chi connectivity index (χ1n) is 9.33. The van der Waals surface area contributed by atoms with Crippen LogP contribution < -0.4 is 5.56 Å². The third-order valence-corrected chi connectivity index (χ3v) is 5.19. The number of H-pyrrole nitrogens is 2. The van der Waals surface area contributed by atoms with Crippen molar-refractivity contribution in [3.05, 3.63) is 88.5 Å². The standard InChI is InChI=1S/C23H18N4O2/c1-27-8-7-15(12-22(27)29)23-17-10-16-11-20(24-18(16)13-19(17)25-26-23)21(28)9-14-5-3-2-4-6-14/h2-8,10-13,24H,9H2,1H3,(H,25,26). The Hall–Kier alpha value is -3.93. The lowest BCUT2D eigenvalue weighted by Gasteiger charge is -2.00. The molecule has 2 aromatic carbocycles. The smallest absolute Gasteiger partial charge is 0.250 e. The lowest BCUT2D eigenvalue weighted by atomic mass is 10.1. The SMILES string of the molecule is Cn1ccc(-c2n[nH]c3cc4[nH]c(C(=O)Cc5ccccc5)cc4cc23)cc1=O. The summed E-state index contributed by atoms with van der Waals surface area (Å²) < 4.78 is 1.52. The number of aromatic nitrogens is 4. The number of pyridine rings is 1. The normalized spacial score (nSPS) is 11.3. The Morgan fingerprint density at radius 1 is 1.03 bits per heavy atom. The summed E-state index contributed by atoms with van der Waals surface area (Å²) in [7, 11) is 1.71. The number of carbonyl (C=O) groups is 1. The maximum Gasteiger partial charge on any atom is 0.250 e. The lowest BCUT2D eigenvalue weighted by molar-refractivity contribution is 0.0989. The number of nitrogens with zero attached hydrogens (tertiary/aromatic N) is 2. The molecule has 6 heteroatoms. The third kappa shape index (κ3) is 3.04. The number of benzene rings is 2. The first kappa shape index (κ1) is 17.2. The highest BCUT2D eigenvalue weighted by atomic mass is 16.1. The maximum atomic E-state index is 12.7. The van der Waals surface area contributed by atoms with E-state index in [0.717, 1.165) is 38.6 Å². The Bertz CT molecular complexity index is 1420. The fourth-order valence-electron chi connectivity index (χ4n) is 3.59. The van der Waals surface area contributed by atoms with Crippen molar-refractivity contribution in [3.8, 4) is 11.3 Å². The number of aryl methyl sites for hydroxylation is 1. The van der Waals surface area contributed by atoms with E-state index in [1.807, 2.05) is 54.6 Å². The minimum absolute atomic E-state index is 0.0426. The molecule has 0 amide bonds. The summed E-state index contributed by atoms with van der Waals surface area (Å²) in [4.78, 5) is 27.9. The van der Waals surface area contributed by atoms with Gasteiger partial charge in [-0.15, -0.1) is 0 Å². The molecule has 29 heavy (non-hydrogen) atoms. The molecule has 5 aromatic rings. The van der Waals surface area contributed by atoms with E-state index in [1.165, 1.54) is 4.57 Å². The summed E-state index contributed by atoms with van der Waals surface area (Å²) in [5.74, 6) is 0.0426. The minimum atomic E-state index is -0.0878. The highest BCUT2D eigenvalue weighted by Gasteiger charge is 2.14. The second-order valence-electron chi connectivity index (χ2n) is 7.19.